The topological polar surface area (TPSA) is 38.3 Å². The average Bonchev–Trinajstić information content (AvgIpc) is 2.45. The summed E-state index contributed by atoms with van der Waals surface area (Å²) >= 11 is 5.93. The van der Waals surface area contributed by atoms with Crippen molar-refractivity contribution in [3.63, 3.8) is 0 Å². The highest BCUT2D eigenvalue weighted by molar-refractivity contribution is 7.84. The van der Waals surface area contributed by atoms with Crippen molar-refractivity contribution in [2.75, 3.05) is 13.3 Å². The molecule has 1 aromatic carbocycles. The number of alkyl halides is 2. The van der Waals surface area contributed by atoms with Gasteiger partial charge in [-0.3, -0.25) is 0 Å². The van der Waals surface area contributed by atoms with E-state index in [9.17, 15) is 13.0 Å². The first kappa shape index (κ1) is 17.6. The molecule has 1 aliphatic heterocycles. The lowest BCUT2D eigenvalue weighted by Gasteiger charge is -2.39. The van der Waals surface area contributed by atoms with Crippen LogP contribution in [-0.4, -0.2) is 27.9 Å². The van der Waals surface area contributed by atoms with E-state index in [1.54, 1.807) is 12.1 Å². The molecule has 0 aromatic heterocycles. The molecular weight excluding hydrogens is 332 g/mol. The molecule has 0 aliphatic carbocycles. The van der Waals surface area contributed by atoms with Gasteiger partial charge in [0, 0.05) is 17.0 Å². The Kier molecular flexibility index (Phi) is 5.14. The molecule has 0 saturated carbocycles. The van der Waals surface area contributed by atoms with Crippen molar-refractivity contribution in [1.29, 1.82) is 0 Å². The maximum Gasteiger partial charge on any atom is 0.167 e. The molecule has 1 aliphatic rings. The summed E-state index contributed by atoms with van der Waals surface area (Å²) < 4.78 is 47.1. The van der Waals surface area contributed by atoms with Crippen LogP contribution in [0.1, 0.15) is 38.8 Å². The van der Waals surface area contributed by atoms with Crippen LogP contribution in [0.4, 0.5) is 8.78 Å². The van der Waals surface area contributed by atoms with E-state index in [4.69, 9.17) is 16.3 Å². The lowest BCUT2D eigenvalue weighted by atomic mass is 9.89. The predicted octanol–water partition coefficient (Wildman–Crippen LogP) is 3.89. The molecule has 1 aromatic rings. The molecule has 22 heavy (non-hydrogen) atoms. The SMILES string of the molecule is CC(C)(C)[S@@](=O)N[C@@H]1CC(CF)(CF)Oc2cc(Cl)ccc21. The first-order valence-corrected chi connectivity index (χ1v) is 8.52. The number of benzene rings is 1. The second-order valence-electron chi connectivity index (χ2n) is 6.49. The molecule has 1 N–H and O–H groups in total. The second kappa shape index (κ2) is 6.42. The van der Waals surface area contributed by atoms with Gasteiger partial charge >= 0.3 is 0 Å². The third kappa shape index (κ3) is 3.60. The molecule has 0 spiro atoms. The fraction of sp³-hybridized carbons (Fsp3) is 0.600. The van der Waals surface area contributed by atoms with Gasteiger partial charge in [0.25, 0.3) is 0 Å². The van der Waals surface area contributed by atoms with Crippen LogP contribution >= 0.6 is 11.6 Å². The van der Waals surface area contributed by atoms with Gasteiger partial charge in [-0.05, 0) is 32.9 Å². The summed E-state index contributed by atoms with van der Waals surface area (Å²) in [5.41, 5.74) is -0.850. The summed E-state index contributed by atoms with van der Waals surface area (Å²) in [6.07, 6.45) is 0.0659. The zero-order valence-corrected chi connectivity index (χ0v) is 14.4. The normalized spacial score (nSPS) is 21.8. The standard InChI is InChI=1S/C15H20ClF2NO2S/c1-14(2,3)22(20)19-12-7-15(8-17,9-18)21-13-6-10(16)4-5-11(12)13/h4-6,12,19H,7-9H2,1-3H3/t12-,22-/m1/s1. The maximum absolute atomic E-state index is 13.4. The number of ether oxygens (including phenoxy) is 1. The molecule has 0 fully saturated rings. The Morgan fingerprint density at radius 3 is 2.59 bits per heavy atom. The van der Waals surface area contributed by atoms with Gasteiger partial charge in [-0.25, -0.2) is 17.7 Å². The molecule has 0 bridgehead atoms. The molecule has 2 rings (SSSR count). The molecule has 3 nitrogen and oxygen atoms in total. The first-order valence-electron chi connectivity index (χ1n) is 6.99. The molecule has 7 heteroatoms. The van der Waals surface area contributed by atoms with Gasteiger partial charge in [0.15, 0.2) is 5.60 Å². The minimum Gasteiger partial charge on any atom is -0.481 e. The number of hydrogen-bond donors (Lipinski definition) is 1. The molecule has 124 valence electrons. The predicted molar refractivity (Wildman–Crippen MR) is 85.2 cm³/mol. The number of halogens is 3. The zero-order chi connectivity index (χ0) is 16.5. The second-order valence-corrected chi connectivity index (χ2v) is 8.92. The van der Waals surface area contributed by atoms with Gasteiger partial charge in [0.05, 0.1) is 21.8 Å². The van der Waals surface area contributed by atoms with Crippen molar-refractivity contribution < 1.29 is 17.7 Å². The number of rotatable bonds is 4. The third-order valence-electron chi connectivity index (χ3n) is 3.55. The summed E-state index contributed by atoms with van der Waals surface area (Å²) in [4.78, 5) is 0. The molecule has 0 amide bonds. The van der Waals surface area contributed by atoms with E-state index < -0.39 is 40.7 Å². The van der Waals surface area contributed by atoms with Gasteiger partial charge in [0.1, 0.15) is 19.1 Å². The minimum absolute atomic E-state index is 0.0659. The van der Waals surface area contributed by atoms with Gasteiger partial charge in [-0.1, -0.05) is 17.7 Å². The fourth-order valence-electron chi connectivity index (χ4n) is 2.25. The quantitative estimate of drug-likeness (QED) is 0.893. The van der Waals surface area contributed by atoms with Crippen LogP contribution in [0.5, 0.6) is 5.75 Å². The highest BCUT2D eigenvalue weighted by Crippen LogP contribution is 2.42. The van der Waals surface area contributed by atoms with Crippen molar-refractivity contribution >= 4 is 22.6 Å². The first-order chi connectivity index (χ1) is 10.2. The van der Waals surface area contributed by atoms with Crippen LogP contribution in [0.3, 0.4) is 0 Å². The summed E-state index contributed by atoms with van der Waals surface area (Å²) in [5, 5.41) is 0.419. The average molecular weight is 352 g/mol. The summed E-state index contributed by atoms with van der Waals surface area (Å²) in [7, 11) is -1.37. The monoisotopic (exact) mass is 351 g/mol. The van der Waals surface area contributed by atoms with Crippen molar-refractivity contribution in [1.82, 2.24) is 4.72 Å². The smallest absolute Gasteiger partial charge is 0.167 e. The van der Waals surface area contributed by atoms with E-state index in [-0.39, 0.29) is 6.42 Å². The van der Waals surface area contributed by atoms with Crippen LogP contribution in [-0.2, 0) is 11.0 Å². The fourth-order valence-corrected chi connectivity index (χ4v) is 3.24. The Morgan fingerprint density at radius 1 is 1.41 bits per heavy atom. The van der Waals surface area contributed by atoms with Crippen LogP contribution in [0.25, 0.3) is 0 Å². The minimum atomic E-state index is -1.56. The Hall–Kier alpha value is -0.720. The van der Waals surface area contributed by atoms with E-state index in [1.807, 2.05) is 20.8 Å². The van der Waals surface area contributed by atoms with Crippen LogP contribution in [0, 0.1) is 0 Å². The van der Waals surface area contributed by atoms with E-state index in [1.165, 1.54) is 6.07 Å². The van der Waals surface area contributed by atoms with E-state index >= 15 is 0 Å². The van der Waals surface area contributed by atoms with Gasteiger partial charge in [-0.2, -0.15) is 0 Å². The molecule has 0 unspecified atom stereocenters. The van der Waals surface area contributed by atoms with Gasteiger partial charge < -0.3 is 4.74 Å². The van der Waals surface area contributed by atoms with Crippen molar-refractivity contribution in [3.8, 4) is 5.75 Å². The van der Waals surface area contributed by atoms with E-state index in [0.717, 1.165) is 0 Å². The number of hydrogen-bond acceptors (Lipinski definition) is 2. The van der Waals surface area contributed by atoms with E-state index in [2.05, 4.69) is 4.72 Å². The Morgan fingerprint density at radius 2 is 2.05 bits per heavy atom. The summed E-state index contributed by atoms with van der Waals surface area (Å²) in [5.74, 6) is 0.331. The van der Waals surface area contributed by atoms with Crippen molar-refractivity contribution in [2.45, 2.75) is 43.6 Å². The lowest BCUT2D eigenvalue weighted by molar-refractivity contribution is -0.00940. The van der Waals surface area contributed by atoms with Crippen LogP contribution < -0.4 is 9.46 Å². The van der Waals surface area contributed by atoms with Crippen molar-refractivity contribution in [3.05, 3.63) is 28.8 Å². The summed E-state index contributed by atoms with van der Waals surface area (Å²) in [6.45, 7) is 3.56. The molecule has 0 radical (unpaired) electrons. The molecule has 0 saturated heterocycles. The van der Waals surface area contributed by atoms with Crippen LogP contribution in [0.2, 0.25) is 5.02 Å². The Labute approximate surface area is 137 Å². The largest absolute Gasteiger partial charge is 0.481 e. The van der Waals surface area contributed by atoms with Gasteiger partial charge in [0.2, 0.25) is 0 Å². The highest BCUT2D eigenvalue weighted by Gasteiger charge is 2.43. The molecule has 1 heterocycles. The Bertz CT molecular complexity index is 573. The third-order valence-corrected chi connectivity index (χ3v) is 5.39. The van der Waals surface area contributed by atoms with Crippen LogP contribution in [0.15, 0.2) is 18.2 Å². The number of fused-ring (bicyclic) bond motifs is 1. The number of nitrogens with one attached hydrogen (secondary N) is 1. The maximum atomic E-state index is 13.4. The zero-order valence-electron chi connectivity index (χ0n) is 12.8. The molecule has 2 atom stereocenters. The Balaban J connectivity index is 2.38. The van der Waals surface area contributed by atoms with Crippen molar-refractivity contribution in [2.24, 2.45) is 0 Å². The highest BCUT2D eigenvalue weighted by atomic mass is 35.5. The lowest BCUT2D eigenvalue weighted by Crippen LogP contribution is -2.49. The molecular formula is C15H20ClF2NO2S. The summed E-state index contributed by atoms with van der Waals surface area (Å²) in [6, 6.07) is 4.48. The van der Waals surface area contributed by atoms with Gasteiger partial charge in [-0.15, -0.1) is 0 Å². The van der Waals surface area contributed by atoms with E-state index in [0.29, 0.717) is 16.3 Å².